The Morgan fingerprint density at radius 3 is 2.39 bits per heavy atom. The molecule has 2 aromatic carbocycles. The Bertz CT molecular complexity index is 901. The van der Waals surface area contributed by atoms with Gasteiger partial charge in [-0.3, -0.25) is 9.59 Å². The van der Waals surface area contributed by atoms with Gasteiger partial charge in [0.05, 0.1) is 17.6 Å². The molecule has 5 heteroatoms. The van der Waals surface area contributed by atoms with Crippen LogP contribution in [0.3, 0.4) is 0 Å². The lowest BCUT2D eigenvalue weighted by molar-refractivity contribution is -0.141. The van der Waals surface area contributed by atoms with Gasteiger partial charge in [0, 0.05) is 17.9 Å². The van der Waals surface area contributed by atoms with Crippen molar-refractivity contribution in [3.05, 3.63) is 65.0 Å². The van der Waals surface area contributed by atoms with Crippen LogP contribution in [0.1, 0.15) is 6.92 Å². The van der Waals surface area contributed by atoms with Crippen molar-refractivity contribution in [2.75, 3.05) is 6.61 Å². The molecule has 0 aliphatic carbocycles. The number of aromatic nitrogens is 2. The Kier molecular flexibility index (Phi) is 4.19. The van der Waals surface area contributed by atoms with E-state index in [1.165, 1.54) is 11.6 Å². The monoisotopic (exact) mass is 308 g/mol. The lowest BCUT2D eigenvalue weighted by Crippen LogP contribution is -2.26. The Hall–Kier alpha value is -2.95. The summed E-state index contributed by atoms with van der Waals surface area (Å²) in [5.74, 6) is -0.373. The van der Waals surface area contributed by atoms with Gasteiger partial charge in [-0.05, 0) is 6.07 Å². The second-order valence-electron chi connectivity index (χ2n) is 5.13. The van der Waals surface area contributed by atoms with Crippen LogP contribution in [0, 0.1) is 0 Å². The molecule has 0 spiro atoms. The van der Waals surface area contributed by atoms with E-state index < -0.39 is 0 Å². The topological polar surface area (TPSA) is 61.2 Å². The molecule has 0 N–H and O–H groups in total. The van der Waals surface area contributed by atoms with Gasteiger partial charge >= 0.3 is 5.97 Å². The van der Waals surface area contributed by atoms with E-state index >= 15 is 0 Å². The Labute approximate surface area is 133 Å². The van der Waals surface area contributed by atoms with Crippen LogP contribution in [0.4, 0.5) is 0 Å². The van der Waals surface area contributed by atoms with Crippen LogP contribution >= 0.6 is 0 Å². The van der Waals surface area contributed by atoms with Crippen LogP contribution in [-0.2, 0) is 16.1 Å². The summed E-state index contributed by atoms with van der Waals surface area (Å²) in [5, 5.41) is 5.89. The highest BCUT2D eigenvalue weighted by Crippen LogP contribution is 2.24. The summed E-state index contributed by atoms with van der Waals surface area (Å²) < 4.78 is 6.27. The van der Waals surface area contributed by atoms with E-state index in [0.29, 0.717) is 5.39 Å². The third kappa shape index (κ3) is 3.13. The Morgan fingerprint density at radius 2 is 1.70 bits per heavy atom. The molecule has 0 fully saturated rings. The number of hydrogen-bond donors (Lipinski definition) is 0. The number of carbonyl (C=O) groups is 1. The van der Waals surface area contributed by atoms with Gasteiger partial charge in [0.15, 0.2) is 0 Å². The molecule has 0 aliphatic heterocycles. The molecule has 23 heavy (non-hydrogen) atoms. The summed E-state index contributed by atoms with van der Waals surface area (Å²) in [7, 11) is 0. The first-order valence-corrected chi connectivity index (χ1v) is 7.35. The number of esters is 1. The molecule has 0 radical (unpaired) electrons. The number of ether oxygens (including phenoxy) is 1. The molecule has 0 saturated carbocycles. The summed E-state index contributed by atoms with van der Waals surface area (Å²) in [4.78, 5) is 23.4. The van der Waals surface area contributed by atoms with Gasteiger partial charge in [0.25, 0.3) is 5.56 Å². The van der Waals surface area contributed by atoms with Gasteiger partial charge in [-0.25, -0.2) is 4.68 Å². The quantitative estimate of drug-likeness (QED) is 0.695. The predicted molar refractivity (Wildman–Crippen MR) is 88.1 cm³/mol. The fraction of sp³-hybridized carbons (Fsp3) is 0.167. The van der Waals surface area contributed by atoms with Gasteiger partial charge in [0.1, 0.15) is 6.61 Å². The van der Waals surface area contributed by atoms with E-state index in [1.54, 1.807) is 6.07 Å². The molecule has 0 bridgehead atoms. The molecule has 0 aliphatic rings. The molecule has 0 unspecified atom stereocenters. The molecule has 3 rings (SSSR count). The maximum atomic E-state index is 12.5. The normalized spacial score (nSPS) is 10.7. The second-order valence-corrected chi connectivity index (χ2v) is 5.13. The molecule has 0 amide bonds. The number of benzene rings is 2. The summed E-state index contributed by atoms with van der Waals surface area (Å²) in [6, 6.07) is 17.1. The van der Waals surface area contributed by atoms with E-state index in [2.05, 4.69) is 5.10 Å². The first-order valence-electron chi connectivity index (χ1n) is 7.35. The van der Waals surface area contributed by atoms with E-state index in [0.717, 1.165) is 16.6 Å². The molecule has 0 saturated heterocycles. The third-order valence-corrected chi connectivity index (χ3v) is 3.52. The van der Waals surface area contributed by atoms with E-state index in [1.807, 2.05) is 48.5 Å². The van der Waals surface area contributed by atoms with Crippen molar-refractivity contribution in [3.63, 3.8) is 0 Å². The van der Waals surface area contributed by atoms with Gasteiger partial charge in [-0.1, -0.05) is 48.5 Å². The van der Waals surface area contributed by atoms with Crippen molar-refractivity contribution < 1.29 is 9.53 Å². The third-order valence-electron chi connectivity index (χ3n) is 3.52. The highest BCUT2D eigenvalue weighted by molar-refractivity contribution is 5.93. The maximum absolute atomic E-state index is 12.5. The molecule has 0 atom stereocenters. The van der Waals surface area contributed by atoms with Gasteiger partial charge in [-0.15, -0.1) is 0 Å². The molecule has 5 nitrogen and oxygen atoms in total. The predicted octanol–water partition coefficient (Wildman–Crippen LogP) is 2.63. The average molecular weight is 308 g/mol. The molecule has 116 valence electrons. The Morgan fingerprint density at radius 1 is 1.04 bits per heavy atom. The molecule has 1 heterocycles. The zero-order valence-electron chi connectivity index (χ0n) is 12.7. The van der Waals surface area contributed by atoms with Crippen LogP contribution in [-0.4, -0.2) is 22.4 Å². The molecule has 1 aromatic heterocycles. The fourth-order valence-corrected chi connectivity index (χ4v) is 2.47. The summed E-state index contributed by atoms with van der Waals surface area (Å²) in [5.41, 5.74) is 1.49. The molecular formula is C18H16N2O3. The SMILES string of the molecule is CC(=O)OCCn1nc(-c2ccccc2)c2ccccc2c1=O. The molecule has 3 aromatic rings. The van der Waals surface area contributed by atoms with Crippen LogP contribution in [0.25, 0.3) is 22.0 Å². The first-order chi connectivity index (χ1) is 11.2. The van der Waals surface area contributed by atoms with Gasteiger partial charge in [0.2, 0.25) is 0 Å². The average Bonchev–Trinajstić information content (AvgIpc) is 2.57. The minimum atomic E-state index is -0.373. The minimum Gasteiger partial charge on any atom is -0.464 e. The summed E-state index contributed by atoms with van der Waals surface area (Å²) >= 11 is 0. The van der Waals surface area contributed by atoms with Crippen LogP contribution in [0.2, 0.25) is 0 Å². The van der Waals surface area contributed by atoms with Crippen molar-refractivity contribution in [2.45, 2.75) is 13.5 Å². The summed E-state index contributed by atoms with van der Waals surface area (Å²) in [6.07, 6.45) is 0. The lowest BCUT2D eigenvalue weighted by Gasteiger charge is -2.11. The van der Waals surface area contributed by atoms with Crippen LogP contribution < -0.4 is 5.56 Å². The standard InChI is InChI=1S/C18H16N2O3/c1-13(21)23-12-11-20-18(22)16-10-6-5-9-15(16)17(19-20)14-7-3-2-4-8-14/h2-10H,11-12H2,1H3. The second kappa shape index (κ2) is 6.44. The largest absolute Gasteiger partial charge is 0.464 e. The fourth-order valence-electron chi connectivity index (χ4n) is 2.47. The number of fused-ring (bicyclic) bond motifs is 1. The van der Waals surface area contributed by atoms with Gasteiger partial charge < -0.3 is 4.74 Å². The number of rotatable bonds is 4. The Balaban J connectivity index is 2.13. The van der Waals surface area contributed by atoms with E-state index in [4.69, 9.17) is 4.74 Å². The van der Waals surface area contributed by atoms with Crippen molar-refractivity contribution >= 4 is 16.7 Å². The van der Waals surface area contributed by atoms with Crippen molar-refractivity contribution in [2.24, 2.45) is 0 Å². The zero-order chi connectivity index (χ0) is 16.2. The number of nitrogens with zero attached hydrogens (tertiary/aromatic N) is 2. The first kappa shape index (κ1) is 15.0. The van der Waals surface area contributed by atoms with E-state index in [9.17, 15) is 9.59 Å². The zero-order valence-corrected chi connectivity index (χ0v) is 12.7. The summed E-state index contributed by atoms with van der Waals surface area (Å²) in [6.45, 7) is 1.68. The van der Waals surface area contributed by atoms with Gasteiger partial charge in [-0.2, -0.15) is 5.10 Å². The molecular weight excluding hydrogens is 292 g/mol. The van der Waals surface area contributed by atoms with Crippen LogP contribution in [0.5, 0.6) is 0 Å². The number of carbonyl (C=O) groups excluding carboxylic acids is 1. The highest BCUT2D eigenvalue weighted by Gasteiger charge is 2.11. The van der Waals surface area contributed by atoms with Crippen molar-refractivity contribution in [3.8, 4) is 11.3 Å². The maximum Gasteiger partial charge on any atom is 0.302 e. The van der Waals surface area contributed by atoms with Crippen LogP contribution in [0.15, 0.2) is 59.4 Å². The van der Waals surface area contributed by atoms with E-state index in [-0.39, 0.29) is 24.7 Å². The van der Waals surface area contributed by atoms with Crippen molar-refractivity contribution in [1.29, 1.82) is 0 Å². The minimum absolute atomic E-state index is 0.120. The smallest absolute Gasteiger partial charge is 0.302 e. The number of hydrogen-bond acceptors (Lipinski definition) is 4. The highest BCUT2D eigenvalue weighted by atomic mass is 16.5. The van der Waals surface area contributed by atoms with Crippen molar-refractivity contribution in [1.82, 2.24) is 9.78 Å². The lowest BCUT2D eigenvalue weighted by atomic mass is 10.1.